The molecule has 3 aromatic carbocycles. The molecule has 4 aromatic rings. The zero-order chi connectivity index (χ0) is 26.0. The zero-order valence-corrected chi connectivity index (χ0v) is 20.9. The van der Waals surface area contributed by atoms with Crippen LogP contribution < -0.4 is 5.56 Å². The van der Waals surface area contributed by atoms with E-state index in [-0.39, 0.29) is 17.2 Å². The molecular formula is C27H25ClN4O4. The summed E-state index contributed by atoms with van der Waals surface area (Å²) in [6, 6.07) is 17.3. The van der Waals surface area contributed by atoms with Crippen molar-refractivity contribution in [3.63, 3.8) is 0 Å². The maximum Gasteiger partial charge on any atom is 0.269 e. The van der Waals surface area contributed by atoms with Crippen molar-refractivity contribution in [2.45, 2.75) is 33.2 Å². The Morgan fingerprint density at radius 1 is 1.11 bits per heavy atom. The van der Waals surface area contributed by atoms with Gasteiger partial charge in [0.2, 0.25) is 0 Å². The third-order valence-electron chi connectivity index (χ3n) is 6.17. The molecule has 4 rings (SSSR count). The van der Waals surface area contributed by atoms with E-state index in [2.05, 4.69) is 0 Å². The number of hydrogen-bond donors (Lipinski definition) is 0. The van der Waals surface area contributed by atoms with Crippen LogP contribution in [0.25, 0.3) is 16.6 Å². The summed E-state index contributed by atoms with van der Waals surface area (Å²) in [4.78, 5) is 44.3. The first-order valence-corrected chi connectivity index (χ1v) is 11.9. The third kappa shape index (κ3) is 4.59. The van der Waals surface area contributed by atoms with Gasteiger partial charge < -0.3 is 4.90 Å². The van der Waals surface area contributed by atoms with Gasteiger partial charge in [0.1, 0.15) is 5.82 Å². The van der Waals surface area contributed by atoms with Crippen LogP contribution in [-0.2, 0) is 0 Å². The van der Waals surface area contributed by atoms with Crippen LogP contribution in [0.5, 0.6) is 0 Å². The molecule has 8 nitrogen and oxygen atoms in total. The number of fused-ring (bicyclic) bond motifs is 1. The number of halogens is 1. The van der Waals surface area contributed by atoms with Crippen LogP contribution in [0.3, 0.4) is 0 Å². The summed E-state index contributed by atoms with van der Waals surface area (Å²) < 4.78 is 1.53. The summed E-state index contributed by atoms with van der Waals surface area (Å²) in [5, 5.41) is 12.0. The molecule has 0 aliphatic rings. The van der Waals surface area contributed by atoms with Gasteiger partial charge >= 0.3 is 0 Å². The van der Waals surface area contributed by atoms with E-state index >= 15 is 0 Å². The van der Waals surface area contributed by atoms with Gasteiger partial charge in [-0.3, -0.25) is 24.3 Å². The predicted octanol–water partition coefficient (Wildman–Crippen LogP) is 5.87. The third-order valence-corrected chi connectivity index (χ3v) is 6.58. The maximum atomic E-state index is 13.8. The molecule has 0 aliphatic heterocycles. The van der Waals surface area contributed by atoms with Gasteiger partial charge in [0.25, 0.3) is 17.2 Å². The monoisotopic (exact) mass is 504 g/mol. The number of benzene rings is 3. The first kappa shape index (κ1) is 25.1. The Kier molecular flexibility index (Phi) is 7.17. The second kappa shape index (κ2) is 10.3. The molecule has 1 heterocycles. The Morgan fingerprint density at radius 2 is 1.81 bits per heavy atom. The molecule has 0 radical (unpaired) electrons. The molecule has 0 bridgehead atoms. The SMILES string of the molecule is CCCN(C(=O)c1ccc([N+](=O)[O-])cc1)C(C)c1nc2ccccc2c(=O)n1-c1cccc(Cl)c1C. The summed E-state index contributed by atoms with van der Waals surface area (Å²) in [6.07, 6.45) is 0.664. The number of rotatable bonds is 7. The van der Waals surface area contributed by atoms with E-state index in [0.29, 0.717) is 46.0 Å². The van der Waals surface area contributed by atoms with Crippen LogP contribution >= 0.6 is 11.6 Å². The van der Waals surface area contributed by atoms with Crippen LogP contribution in [-0.4, -0.2) is 31.8 Å². The minimum Gasteiger partial charge on any atom is -0.329 e. The zero-order valence-electron chi connectivity index (χ0n) is 20.1. The van der Waals surface area contributed by atoms with Crippen LogP contribution in [0, 0.1) is 17.0 Å². The van der Waals surface area contributed by atoms with Crippen molar-refractivity contribution in [3.05, 3.63) is 109 Å². The Balaban J connectivity index is 1.90. The average molecular weight is 505 g/mol. The van der Waals surface area contributed by atoms with Gasteiger partial charge in [0, 0.05) is 29.3 Å². The highest BCUT2D eigenvalue weighted by atomic mass is 35.5. The number of hydrogen-bond acceptors (Lipinski definition) is 5. The van der Waals surface area contributed by atoms with Crippen molar-refractivity contribution in [1.82, 2.24) is 14.5 Å². The van der Waals surface area contributed by atoms with Crippen molar-refractivity contribution in [2.75, 3.05) is 6.54 Å². The smallest absolute Gasteiger partial charge is 0.269 e. The van der Waals surface area contributed by atoms with Crippen LogP contribution in [0.4, 0.5) is 5.69 Å². The maximum absolute atomic E-state index is 13.8. The van der Waals surface area contributed by atoms with Crippen LogP contribution in [0.2, 0.25) is 5.02 Å². The lowest BCUT2D eigenvalue weighted by atomic mass is 10.1. The Labute approximate surface area is 212 Å². The summed E-state index contributed by atoms with van der Waals surface area (Å²) in [6.45, 7) is 6.00. The minimum absolute atomic E-state index is 0.0943. The Hall–Kier alpha value is -4.04. The number of aromatic nitrogens is 2. The summed E-state index contributed by atoms with van der Waals surface area (Å²) >= 11 is 6.40. The van der Waals surface area contributed by atoms with Gasteiger partial charge in [0.05, 0.1) is 27.6 Å². The lowest BCUT2D eigenvalue weighted by Crippen LogP contribution is -2.38. The van der Waals surface area contributed by atoms with Crippen molar-refractivity contribution < 1.29 is 9.72 Å². The molecule has 184 valence electrons. The van der Waals surface area contributed by atoms with Gasteiger partial charge in [-0.2, -0.15) is 0 Å². The molecule has 1 amide bonds. The van der Waals surface area contributed by atoms with Gasteiger partial charge in [-0.1, -0.05) is 36.7 Å². The Morgan fingerprint density at radius 3 is 2.47 bits per heavy atom. The quantitative estimate of drug-likeness (QED) is 0.231. The van der Waals surface area contributed by atoms with E-state index in [0.717, 1.165) is 5.56 Å². The number of carbonyl (C=O) groups excluding carboxylic acids is 1. The minimum atomic E-state index is -0.594. The molecule has 0 N–H and O–H groups in total. The molecule has 0 saturated heterocycles. The molecule has 1 atom stereocenters. The molecule has 1 unspecified atom stereocenters. The molecule has 9 heteroatoms. The van der Waals surface area contributed by atoms with Crippen molar-refractivity contribution in [2.24, 2.45) is 0 Å². The predicted molar refractivity (Wildman–Crippen MR) is 140 cm³/mol. The molecule has 36 heavy (non-hydrogen) atoms. The first-order valence-electron chi connectivity index (χ1n) is 11.6. The van der Waals surface area contributed by atoms with Crippen molar-refractivity contribution >= 4 is 34.1 Å². The second-order valence-corrected chi connectivity index (χ2v) is 8.90. The van der Waals surface area contributed by atoms with E-state index in [1.165, 1.54) is 28.8 Å². The number of amides is 1. The van der Waals surface area contributed by atoms with E-state index in [1.54, 1.807) is 41.3 Å². The fourth-order valence-corrected chi connectivity index (χ4v) is 4.41. The number of para-hydroxylation sites is 1. The average Bonchev–Trinajstić information content (AvgIpc) is 2.88. The summed E-state index contributed by atoms with van der Waals surface area (Å²) in [7, 11) is 0. The van der Waals surface area contributed by atoms with Gasteiger partial charge in [-0.15, -0.1) is 0 Å². The summed E-state index contributed by atoms with van der Waals surface area (Å²) in [5.74, 6) is 0.0869. The van der Waals surface area contributed by atoms with Crippen LogP contribution in [0.15, 0.2) is 71.5 Å². The number of nitro groups is 1. The summed E-state index contributed by atoms with van der Waals surface area (Å²) in [5.41, 5.74) is 1.80. The standard InChI is InChI=1S/C27H25ClN4O4/c1-4-16-30(26(33)19-12-14-20(15-13-19)32(35)36)18(3)25-29-23-10-6-5-8-21(23)27(34)31(25)24-11-7-9-22(28)17(24)2/h5-15,18H,4,16H2,1-3H3. The molecule has 0 aliphatic carbocycles. The first-order chi connectivity index (χ1) is 17.2. The topological polar surface area (TPSA) is 98.3 Å². The Bertz CT molecular complexity index is 1510. The molecular weight excluding hydrogens is 480 g/mol. The fourth-order valence-electron chi connectivity index (χ4n) is 4.24. The lowest BCUT2D eigenvalue weighted by Gasteiger charge is -2.30. The molecule has 0 spiro atoms. The number of non-ortho nitro benzene ring substituents is 1. The molecule has 1 aromatic heterocycles. The van der Waals surface area contributed by atoms with E-state index in [1.807, 2.05) is 26.8 Å². The van der Waals surface area contributed by atoms with E-state index < -0.39 is 11.0 Å². The van der Waals surface area contributed by atoms with Crippen molar-refractivity contribution in [1.29, 1.82) is 0 Å². The van der Waals surface area contributed by atoms with Gasteiger partial charge in [0.15, 0.2) is 0 Å². The van der Waals surface area contributed by atoms with Gasteiger partial charge in [-0.05, 0) is 62.2 Å². The van der Waals surface area contributed by atoms with Crippen molar-refractivity contribution in [3.8, 4) is 5.69 Å². The van der Waals surface area contributed by atoms with E-state index in [4.69, 9.17) is 16.6 Å². The highest BCUT2D eigenvalue weighted by Crippen LogP contribution is 2.28. The number of nitrogens with zero attached hydrogens (tertiary/aromatic N) is 4. The van der Waals surface area contributed by atoms with E-state index in [9.17, 15) is 19.7 Å². The highest BCUT2D eigenvalue weighted by Gasteiger charge is 2.28. The normalized spacial score (nSPS) is 11.9. The number of nitro benzene ring substituents is 1. The van der Waals surface area contributed by atoms with Crippen LogP contribution in [0.1, 0.15) is 48.1 Å². The second-order valence-electron chi connectivity index (χ2n) is 8.49. The number of carbonyl (C=O) groups is 1. The molecule has 0 saturated carbocycles. The molecule has 0 fully saturated rings. The van der Waals surface area contributed by atoms with Gasteiger partial charge in [-0.25, -0.2) is 4.98 Å². The largest absolute Gasteiger partial charge is 0.329 e. The fraction of sp³-hybridized carbons (Fsp3) is 0.222. The highest BCUT2D eigenvalue weighted by molar-refractivity contribution is 6.31. The lowest BCUT2D eigenvalue weighted by molar-refractivity contribution is -0.384.